The lowest BCUT2D eigenvalue weighted by Gasteiger charge is -2.03. The van der Waals surface area contributed by atoms with Crippen molar-refractivity contribution in [3.05, 3.63) is 41.6 Å². The van der Waals surface area contributed by atoms with Crippen LogP contribution < -0.4 is 5.32 Å². The highest BCUT2D eigenvalue weighted by Gasteiger charge is 2.09. The fraction of sp³-hybridized carbons (Fsp3) is 0.333. The van der Waals surface area contributed by atoms with Crippen LogP contribution in [0.5, 0.6) is 0 Å². The van der Waals surface area contributed by atoms with Gasteiger partial charge in [0.05, 0.1) is 19.2 Å². The molecule has 1 amide bonds. The Balaban J connectivity index is 1.89. The highest BCUT2D eigenvalue weighted by molar-refractivity contribution is 5.91. The number of anilines is 1. The SMILES string of the molecule is CCOC(=O)Cn1cc(NC(=O)Cc2cccc(C)c2)nn1. The molecule has 2 aromatic rings. The van der Waals surface area contributed by atoms with Gasteiger partial charge in [-0.3, -0.25) is 9.59 Å². The number of aryl methyl sites for hydroxylation is 1. The molecular weight excluding hydrogens is 284 g/mol. The molecule has 0 bridgehead atoms. The Labute approximate surface area is 128 Å². The van der Waals surface area contributed by atoms with E-state index in [2.05, 4.69) is 15.6 Å². The van der Waals surface area contributed by atoms with Crippen molar-refractivity contribution in [2.24, 2.45) is 0 Å². The van der Waals surface area contributed by atoms with E-state index in [1.54, 1.807) is 6.92 Å². The minimum Gasteiger partial charge on any atom is -0.465 e. The predicted molar refractivity (Wildman–Crippen MR) is 80.2 cm³/mol. The summed E-state index contributed by atoms with van der Waals surface area (Å²) < 4.78 is 6.13. The first-order chi connectivity index (χ1) is 10.6. The quantitative estimate of drug-likeness (QED) is 0.814. The molecule has 2 rings (SSSR count). The Hall–Kier alpha value is -2.70. The zero-order valence-corrected chi connectivity index (χ0v) is 12.6. The van der Waals surface area contributed by atoms with Crippen molar-refractivity contribution in [3.8, 4) is 0 Å². The Morgan fingerprint density at radius 2 is 2.18 bits per heavy atom. The Kier molecular flexibility index (Phi) is 5.24. The maximum atomic E-state index is 11.9. The number of amides is 1. The second kappa shape index (κ2) is 7.35. The molecule has 1 aromatic heterocycles. The number of nitrogens with zero attached hydrogens (tertiary/aromatic N) is 3. The van der Waals surface area contributed by atoms with Crippen LogP contribution in [0.4, 0.5) is 5.82 Å². The molecule has 116 valence electrons. The van der Waals surface area contributed by atoms with Gasteiger partial charge in [0, 0.05) is 0 Å². The maximum absolute atomic E-state index is 11.9. The molecule has 0 saturated heterocycles. The normalized spacial score (nSPS) is 10.3. The third-order valence-electron chi connectivity index (χ3n) is 2.85. The summed E-state index contributed by atoms with van der Waals surface area (Å²) >= 11 is 0. The fourth-order valence-corrected chi connectivity index (χ4v) is 1.97. The summed E-state index contributed by atoms with van der Waals surface area (Å²) in [5.74, 6) is -0.277. The van der Waals surface area contributed by atoms with E-state index in [4.69, 9.17) is 4.74 Å². The first-order valence-electron chi connectivity index (χ1n) is 6.98. The van der Waals surface area contributed by atoms with Crippen LogP contribution in [0.2, 0.25) is 0 Å². The lowest BCUT2D eigenvalue weighted by Crippen LogP contribution is -2.15. The highest BCUT2D eigenvalue weighted by Crippen LogP contribution is 2.07. The molecule has 22 heavy (non-hydrogen) atoms. The van der Waals surface area contributed by atoms with E-state index in [1.165, 1.54) is 10.9 Å². The van der Waals surface area contributed by atoms with Crippen molar-refractivity contribution in [2.75, 3.05) is 11.9 Å². The Bertz CT molecular complexity index is 666. The minimum absolute atomic E-state index is 0.0331. The van der Waals surface area contributed by atoms with E-state index < -0.39 is 5.97 Å². The Morgan fingerprint density at radius 1 is 1.36 bits per heavy atom. The van der Waals surface area contributed by atoms with E-state index >= 15 is 0 Å². The summed E-state index contributed by atoms with van der Waals surface area (Å²) in [6.45, 7) is 3.99. The van der Waals surface area contributed by atoms with Gasteiger partial charge in [-0.15, -0.1) is 5.10 Å². The van der Waals surface area contributed by atoms with E-state index in [1.807, 2.05) is 31.2 Å². The van der Waals surface area contributed by atoms with Crippen LogP contribution in [0.1, 0.15) is 18.1 Å². The molecule has 0 aliphatic heterocycles. The molecule has 0 fully saturated rings. The molecule has 7 nitrogen and oxygen atoms in total. The minimum atomic E-state index is -0.398. The fourth-order valence-electron chi connectivity index (χ4n) is 1.97. The lowest BCUT2D eigenvalue weighted by molar-refractivity contribution is -0.144. The van der Waals surface area contributed by atoms with Crippen molar-refractivity contribution >= 4 is 17.7 Å². The lowest BCUT2D eigenvalue weighted by atomic mass is 10.1. The Morgan fingerprint density at radius 3 is 2.91 bits per heavy atom. The third kappa shape index (κ3) is 4.69. The molecule has 1 N–H and O–H groups in total. The topological polar surface area (TPSA) is 86.1 Å². The average molecular weight is 302 g/mol. The number of carbonyl (C=O) groups excluding carboxylic acids is 2. The molecule has 0 aliphatic rings. The van der Waals surface area contributed by atoms with E-state index in [-0.39, 0.29) is 18.9 Å². The van der Waals surface area contributed by atoms with Crippen molar-refractivity contribution < 1.29 is 14.3 Å². The summed E-state index contributed by atoms with van der Waals surface area (Å²) in [6.07, 6.45) is 1.75. The van der Waals surface area contributed by atoms with Crippen LogP contribution in [-0.4, -0.2) is 33.5 Å². The number of hydrogen-bond acceptors (Lipinski definition) is 5. The average Bonchev–Trinajstić information content (AvgIpc) is 2.85. The third-order valence-corrected chi connectivity index (χ3v) is 2.85. The standard InChI is InChI=1S/C15H18N4O3/c1-3-22-15(21)10-19-9-13(17-18-19)16-14(20)8-12-6-4-5-11(2)7-12/h4-7,9H,3,8,10H2,1-2H3,(H,16,20). The summed E-state index contributed by atoms with van der Waals surface area (Å²) in [6, 6.07) is 7.73. The van der Waals surface area contributed by atoms with Crippen LogP contribution in [0.3, 0.4) is 0 Å². The number of benzene rings is 1. The van der Waals surface area contributed by atoms with Gasteiger partial charge < -0.3 is 10.1 Å². The van der Waals surface area contributed by atoms with Crippen LogP contribution >= 0.6 is 0 Å². The van der Waals surface area contributed by atoms with Gasteiger partial charge in [0.2, 0.25) is 5.91 Å². The number of hydrogen-bond donors (Lipinski definition) is 1. The first-order valence-corrected chi connectivity index (χ1v) is 6.98. The smallest absolute Gasteiger partial charge is 0.327 e. The molecular formula is C15H18N4O3. The van der Waals surface area contributed by atoms with Crippen LogP contribution in [0.25, 0.3) is 0 Å². The molecule has 0 saturated carbocycles. The summed E-state index contributed by atoms with van der Waals surface area (Å²) in [5.41, 5.74) is 2.03. The zero-order chi connectivity index (χ0) is 15.9. The molecule has 0 atom stereocenters. The van der Waals surface area contributed by atoms with Crippen LogP contribution in [0, 0.1) is 6.92 Å². The largest absolute Gasteiger partial charge is 0.465 e. The van der Waals surface area contributed by atoms with Crippen molar-refractivity contribution in [2.45, 2.75) is 26.8 Å². The maximum Gasteiger partial charge on any atom is 0.327 e. The van der Waals surface area contributed by atoms with Crippen LogP contribution in [0.15, 0.2) is 30.5 Å². The van der Waals surface area contributed by atoms with Gasteiger partial charge in [0.15, 0.2) is 5.82 Å². The number of esters is 1. The van der Waals surface area contributed by atoms with Gasteiger partial charge in [-0.1, -0.05) is 35.0 Å². The summed E-state index contributed by atoms with van der Waals surface area (Å²) in [4.78, 5) is 23.3. The monoisotopic (exact) mass is 302 g/mol. The van der Waals surface area contributed by atoms with Crippen LogP contribution in [-0.2, 0) is 27.3 Å². The van der Waals surface area contributed by atoms with Gasteiger partial charge in [-0.25, -0.2) is 4.68 Å². The van der Waals surface area contributed by atoms with Gasteiger partial charge in [0.25, 0.3) is 0 Å². The van der Waals surface area contributed by atoms with Crippen molar-refractivity contribution in [1.82, 2.24) is 15.0 Å². The van der Waals surface area contributed by atoms with Gasteiger partial charge >= 0.3 is 5.97 Å². The molecule has 1 heterocycles. The number of nitrogens with one attached hydrogen (secondary N) is 1. The molecule has 0 unspecified atom stereocenters. The number of ether oxygens (including phenoxy) is 1. The zero-order valence-electron chi connectivity index (χ0n) is 12.6. The first kappa shape index (κ1) is 15.7. The van der Waals surface area contributed by atoms with E-state index in [9.17, 15) is 9.59 Å². The summed E-state index contributed by atoms with van der Waals surface area (Å²) in [7, 11) is 0. The van der Waals surface area contributed by atoms with Gasteiger partial charge in [-0.05, 0) is 19.4 Å². The molecule has 0 aliphatic carbocycles. The molecule has 7 heteroatoms. The van der Waals surface area contributed by atoms with Crippen molar-refractivity contribution in [1.29, 1.82) is 0 Å². The molecule has 1 aromatic carbocycles. The highest BCUT2D eigenvalue weighted by atomic mass is 16.5. The van der Waals surface area contributed by atoms with E-state index in [0.29, 0.717) is 12.4 Å². The second-order valence-electron chi connectivity index (χ2n) is 4.82. The second-order valence-corrected chi connectivity index (χ2v) is 4.82. The molecule has 0 radical (unpaired) electrons. The van der Waals surface area contributed by atoms with Gasteiger partial charge in [0.1, 0.15) is 6.54 Å². The molecule has 0 spiro atoms. The number of carbonyl (C=O) groups is 2. The number of rotatable bonds is 6. The van der Waals surface area contributed by atoms with Crippen molar-refractivity contribution in [3.63, 3.8) is 0 Å². The summed E-state index contributed by atoms with van der Waals surface area (Å²) in [5, 5.41) is 10.2. The predicted octanol–water partition coefficient (Wildman–Crippen LogP) is 1.33. The van der Waals surface area contributed by atoms with Gasteiger partial charge in [-0.2, -0.15) is 0 Å². The van der Waals surface area contributed by atoms with E-state index in [0.717, 1.165) is 11.1 Å². The number of aromatic nitrogens is 3.